The second-order valence-corrected chi connectivity index (χ2v) is 9.10. The number of rotatable bonds is 7. The van der Waals surface area contributed by atoms with E-state index in [-0.39, 0.29) is 0 Å². The van der Waals surface area contributed by atoms with Crippen molar-refractivity contribution in [1.82, 2.24) is 4.90 Å². The highest BCUT2D eigenvalue weighted by Gasteiger charge is 2.35. The van der Waals surface area contributed by atoms with Gasteiger partial charge in [-0.25, -0.2) is 0 Å². The minimum Gasteiger partial charge on any atom is -0.398 e. The minimum atomic E-state index is -1.89. The third-order valence-corrected chi connectivity index (χ3v) is 7.85. The Bertz CT molecular complexity index is 195. The Labute approximate surface area is 108 Å². The first kappa shape index (κ1) is 15.2. The standard InChI is InChI=1S/C13H29NO2Si/c1-5-17(15-3,16-4)12-13(2)11-14-9-7-6-8-10-14/h13H,5-12H2,1-4H3. The lowest BCUT2D eigenvalue weighted by atomic mass is 10.1. The van der Waals surface area contributed by atoms with Crippen LogP contribution in [-0.4, -0.2) is 47.3 Å². The molecule has 0 spiro atoms. The Morgan fingerprint density at radius 1 is 1.12 bits per heavy atom. The third kappa shape index (κ3) is 4.70. The molecule has 0 saturated carbocycles. The Morgan fingerprint density at radius 3 is 2.18 bits per heavy atom. The second kappa shape index (κ2) is 7.51. The number of piperidine rings is 1. The predicted octanol–water partition coefficient (Wildman–Crippen LogP) is 2.86. The SMILES string of the molecule is CC[Si](CC(C)CN1CCCCC1)(OC)OC. The molecule has 0 aliphatic carbocycles. The quantitative estimate of drug-likeness (QED) is 0.656. The first-order valence-corrected chi connectivity index (χ1v) is 9.21. The van der Waals surface area contributed by atoms with Crippen molar-refractivity contribution in [2.45, 2.75) is 45.2 Å². The molecule has 1 aliphatic rings. The van der Waals surface area contributed by atoms with Crippen LogP contribution in [0, 0.1) is 5.92 Å². The van der Waals surface area contributed by atoms with Crippen LogP contribution < -0.4 is 0 Å². The molecule has 0 aromatic heterocycles. The number of hydrogen-bond acceptors (Lipinski definition) is 3. The molecule has 0 N–H and O–H groups in total. The summed E-state index contributed by atoms with van der Waals surface area (Å²) in [6.45, 7) is 8.30. The third-order valence-electron chi connectivity index (χ3n) is 3.96. The van der Waals surface area contributed by atoms with Crippen LogP contribution >= 0.6 is 0 Å². The van der Waals surface area contributed by atoms with Gasteiger partial charge in [0.2, 0.25) is 0 Å². The maximum absolute atomic E-state index is 5.69. The molecule has 3 nitrogen and oxygen atoms in total. The van der Waals surface area contributed by atoms with Gasteiger partial charge in [-0.2, -0.15) is 0 Å². The van der Waals surface area contributed by atoms with Gasteiger partial charge in [-0.05, 0) is 43.9 Å². The summed E-state index contributed by atoms with van der Waals surface area (Å²) in [5.74, 6) is 0.680. The zero-order chi connectivity index (χ0) is 12.7. The van der Waals surface area contributed by atoms with E-state index in [2.05, 4.69) is 18.7 Å². The number of hydrogen-bond donors (Lipinski definition) is 0. The minimum absolute atomic E-state index is 0.680. The monoisotopic (exact) mass is 259 g/mol. The summed E-state index contributed by atoms with van der Waals surface area (Å²) in [7, 11) is 1.73. The van der Waals surface area contributed by atoms with Crippen molar-refractivity contribution in [3.05, 3.63) is 0 Å². The van der Waals surface area contributed by atoms with Crippen LogP contribution in [0.4, 0.5) is 0 Å². The summed E-state index contributed by atoms with van der Waals surface area (Å²) in [5, 5.41) is 0. The lowest BCUT2D eigenvalue weighted by Gasteiger charge is -2.33. The lowest BCUT2D eigenvalue weighted by molar-refractivity contribution is 0.191. The van der Waals surface area contributed by atoms with E-state index in [9.17, 15) is 0 Å². The highest BCUT2D eigenvalue weighted by Crippen LogP contribution is 2.24. The van der Waals surface area contributed by atoms with E-state index < -0.39 is 8.56 Å². The molecular weight excluding hydrogens is 230 g/mol. The van der Waals surface area contributed by atoms with Gasteiger partial charge >= 0.3 is 8.56 Å². The molecule has 102 valence electrons. The molecule has 1 fully saturated rings. The molecule has 0 amide bonds. The summed E-state index contributed by atoms with van der Waals surface area (Å²) >= 11 is 0. The van der Waals surface area contributed by atoms with Gasteiger partial charge in [-0.1, -0.05) is 20.3 Å². The molecule has 1 rings (SSSR count). The largest absolute Gasteiger partial charge is 0.398 e. The van der Waals surface area contributed by atoms with Crippen LogP contribution in [0.15, 0.2) is 0 Å². The van der Waals surface area contributed by atoms with E-state index in [4.69, 9.17) is 8.85 Å². The zero-order valence-corrected chi connectivity index (χ0v) is 13.0. The van der Waals surface area contributed by atoms with Gasteiger partial charge in [0.05, 0.1) is 0 Å². The average Bonchev–Trinajstić information content (AvgIpc) is 2.37. The Balaban J connectivity index is 2.38. The van der Waals surface area contributed by atoms with Gasteiger partial charge in [-0.3, -0.25) is 0 Å². The molecule has 0 aromatic rings. The molecule has 0 bridgehead atoms. The van der Waals surface area contributed by atoms with Gasteiger partial charge in [0.15, 0.2) is 0 Å². The maximum Gasteiger partial charge on any atom is 0.337 e. The van der Waals surface area contributed by atoms with E-state index in [1.165, 1.54) is 38.9 Å². The van der Waals surface area contributed by atoms with Crippen LogP contribution in [-0.2, 0) is 8.85 Å². The summed E-state index contributed by atoms with van der Waals surface area (Å²) < 4.78 is 11.4. The Morgan fingerprint density at radius 2 is 1.71 bits per heavy atom. The molecule has 1 saturated heterocycles. The van der Waals surface area contributed by atoms with E-state index in [1.54, 1.807) is 0 Å². The van der Waals surface area contributed by atoms with E-state index in [1.807, 2.05) is 14.2 Å². The average molecular weight is 259 g/mol. The molecule has 1 atom stereocenters. The maximum atomic E-state index is 5.69. The molecule has 17 heavy (non-hydrogen) atoms. The molecule has 1 unspecified atom stereocenters. The van der Waals surface area contributed by atoms with Crippen molar-refractivity contribution in [2.75, 3.05) is 33.9 Å². The van der Waals surface area contributed by atoms with Crippen molar-refractivity contribution in [2.24, 2.45) is 5.92 Å². The van der Waals surface area contributed by atoms with Crippen LogP contribution in [0.25, 0.3) is 0 Å². The van der Waals surface area contributed by atoms with Gasteiger partial charge in [0, 0.05) is 20.8 Å². The lowest BCUT2D eigenvalue weighted by Crippen LogP contribution is -2.43. The Kier molecular flexibility index (Phi) is 6.70. The Hall–Kier alpha value is 0.0969. The number of nitrogens with zero attached hydrogens (tertiary/aromatic N) is 1. The van der Waals surface area contributed by atoms with Crippen LogP contribution in [0.2, 0.25) is 12.1 Å². The number of likely N-dealkylation sites (tertiary alicyclic amines) is 1. The zero-order valence-electron chi connectivity index (χ0n) is 12.0. The highest BCUT2D eigenvalue weighted by atomic mass is 28.4. The van der Waals surface area contributed by atoms with Crippen molar-refractivity contribution < 1.29 is 8.85 Å². The fraction of sp³-hybridized carbons (Fsp3) is 1.00. The normalized spacial score (nSPS) is 20.5. The summed E-state index contributed by atoms with van der Waals surface area (Å²) in [5.41, 5.74) is 0. The smallest absolute Gasteiger partial charge is 0.337 e. The molecule has 1 aliphatic heterocycles. The first-order chi connectivity index (χ1) is 8.15. The fourth-order valence-electron chi connectivity index (χ4n) is 2.86. The topological polar surface area (TPSA) is 21.7 Å². The van der Waals surface area contributed by atoms with Gasteiger partial charge in [-0.15, -0.1) is 0 Å². The van der Waals surface area contributed by atoms with Crippen molar-refractivity contribution in [3.63, 3.8) is 0 Å². The molecule has 0 radical (unpaired) electrons. The predicted molar refractivity (Wildman–Crippen MR) is 74.5 cm³/mol. The molecule has 1 heterocycles. The van der Waals surface area contributed by atoms with Crippen LogP contribution in [0.5, 0.6) is 0 Å². The van der Waals surface area contributed by atoms with Crippen molar-refractivity contribution in [3.8, 4) is 0 Å². The van der Waals surface area contributed by atoms with E-state index in [0.29, 0.717) is 5.92 Å². The van der Waals surface area contributed by atoms with Gasteiger partial charge in [0.1, 0.15) is 0 Å². The summed E-state index contributed by atoms with van der Waals surface area (Å²) in [6, 6.07) is 2.16. The molecule has 0 aromatic carbocycles. The summed E-state index contributed by atoms with van der Waals surface area (Å²) in [6.07, 6.45) is 4.16. The van der Waals surface area contributed by atoms with Crippen LogP contribution in [0.3, 0.4) is 0 Å². The first-order valence-electron chi connectivity index (χ1n) is 6.98. The van der Waals surface area contributed by atoms with Gasteiger partial charge < -0.3 is 13.8 Å². The molecular formula is C13H29NO2Si. The summed E-state index contributed by atoms with van der Waals surface area (Å²) in [4.78, 5) is 2.61. The van der Waals surface area contributed by atoms with E-state index in [0.717, 1.165) is 12.1 Å². The van der Waals surface area contributed by atoms with E-state index >= 15 is 0 Å². The van der Waals surface area contributed by atoms with Crippen molar-refractivity contribution in [1.29, 1.82) is 0 Å². The molecule has 4 heteroatoms. The highest BCUT2D eigenvalue weighted by molar-refractivity contribution is 6.67. The van der Waals surface area contributed by atoms with Crippen molar-refractivity contribution >= 4 is 8.56 Å². The van der Waals surface area contributed by atoms with Crippen LogP contribution in [0.1, 0.15) is 33.1 Å². The van der Waals surface area contributed by atoms with Gasteiger partial charge in [0.25, 0.3) is 0 Å². The second-order valence-electron chi connectivity index (χ2n) is 5.34. The fourth-order valence-corrected chi connectivity index (χ4v) is 5.42.